The summed E-state index contributed by atoms with van der Waals surface area (Å²) >= 11 is 5.63. The van der Waals surface area contributed by atoms with Crippen molar-refractivity contribution in [2.24, 2.45) is 0 Å². The summed E-state index contributed by atoms with van der Waals surface area (Å²) in [6.07, 6.45) is -3.56. The van der Waals surface area contributed by atoms with Gasteiger partial charge in [0.2, 0.25) is 10.0 Å². The van der Waals surface area contributed by atoms with Crippen molar-refractivity contribution in [2.75, 3.05) is 0 Å². The number of sulfonamides is 1. The zero-order chi connectivity index (χ0) is 20.4. The molecule has 0 radical (unpaired) electrons. The van der Waals surface area contributed by atoms with Gasteiger partial charge in [0.25, 0.3) is 0 Å². The summed E-state index contributed by atoms with van der Waals surface area (Å²) < 4.78 is 68.0. The molecule has 0 saturated carbocycles. The maximum absolute atomic E-state index is 13.4. The number of alkyl halides is 3. The lowest BCUT2D eigenvalue weighted by Crippen LogP contribution is -2.32. The maximum atomic E-state index is 13.4. The molecule has 0 spiro atoms. The highest BCUT2D eigenvalue weighted by atomic mass is 35.5. The van der Waals surface area contributed by atoms with Crippen molar-refractivity contribution in [3.8, 4) is 0 Å². The Hall–Kier alpha value is -2.43. The first kappa shape index (κ1) is 20.3. The van der Waals surface area contributed by atoms with Crippen molar-refractivity contribution in [3.63, 3.8) is 0 Å². The fourth-order valence-corrected chi connectivity index (χ4v) is 4.25. The number of halogens is 4. The number of rotatable bonds is 6. The van der Waals surface area contributed by atoms with Gasteiger partial charge in [-0.2, -0.15) is 18.3 Å². The van der Waals surface area contributed by atoms with Crippen molar-refractivity contribution in [2.45, 2.75) is 23.5 Å². The maximum Gasteiger partial charge on any atom is 0.417 e. The van der Waals surface area contributed by atoms with Crippen LogP contribution in [0.3, 0.4) is 0 Å². The van der Waals surface area contributed by atoms with Gasteiger partial charge in [-0.1, -0.05) is 41.9 Å². The van der Waals surface area contributed by atoms with E-state index in [2.05, 4.69) is 19.9 Å². The highest BCUT2D eigenvalue weighted by Gasteiger charge is 2.38. The standard InChI is InChI=1S/C17H14ClF3N4O2S/c18-12-6-7-15(13(8-12)17(19,20)21)28(26,27)25-14(9-16-22-10-23-24-16)11-4-2-1-3-5-11/h1-8,10,14,25H,9H2,(H,22,23,24)/t14-/m0/s1. The minimum atomic E-state index is -4.89. The van der Waals surface area contributed by atoms with Crippen LogP contribution in [0.2, 0.25) is 5.02 Å². The van der Waals surface area contributed by atoms with Crippen LogP contribution in [0.15, 0.2) is 59.8 Å². The van der Waals surface area contributed by atoms with Crippen LogP contribution in [-0.4, -0.2) is 23.6 Å². The van der Waals surface area contributed by atoms with E-state index in [9.17, 15) is 21.6 Å². The summed E-state index contributed by atoms with van der Waals surface area (Å²) in [7, 11) is -4.53. The average molecular weight is 431 g/mol. The zero-order valence-corrected chi connectivity index (χ0v) is 15.7. The number of hydrogen-bond acceptors (Lipinski definition) is 4. The predicted octanol–water partition coefficient (Wildman–Crippen LogP) is 3.74. The molecule has 1 aromatic heterocycles. The van der Waals surface area contributed by atoms with E-state index in [0.717, 1.165) is 12.1 Å². The smallest absolute Gasteiger partial charge is 0.263 e. The highest BCUT2D eigenvalue weighted by Crippen LogP contribution is 2.36. The molecule has 2 aromatic carbocycles. The Morgan fingerprint density at radius 2 is 1.86 bits per heavy atom. The Balaban J connectivity index is 2.01. The fourth-order valence-electron chi connectivity index (χ4n) is 2.64. The van der Waals surface area contributed by atoms with Gasteiger partial charge in [0.05, 0.1) is 16.5 Å². The molecule has 0 aliphatic heterocycles. The molecule has 6 nitrogen and oxygen atoms in total. The zero-order valence-electron chi connectivity index (χ0n) is 14.1. The molecular formula is C17H14ClF3N4O2S. The summed E-state index contributed by atoms with van der Waals surface area (Å²) in [4.78, 5) is 3.05. The number of hydrogen-bond donors (Lipinski definition) is 2. The van der Waals surface area contributed by atoms with Crippen LogP contribution in [0.25, 0.3) is 0 Å². The number of aromatic nitrogens is 3. The normalized spacial score (nSPS) is 13.4. The van der Waals surface area contributed by atoms with E-state index < -0.39 is 32.7 Å². The molecule has 3 aromatic rings. The van der Waals surface area contributed by atoms with Crippen molar-refractivity contribution in [3.05, 3.63) is 76.8 Å². The molecule has 1 atom stereocenters. The molecule has 0 saturated heterocycles. The van der Waals surface area contributed by atoms with Gasteiger partial charge in [0.15, 0.2) is 0 Å². The van der Waals surface area contributed by atoms with Crippen molar-refractivity contribution in [1.29, 1.82) is 0 Å². The van der Waals surface area contributed by atoms with E-state index in [1.807, 2.05) is 0 Å². The van der Waals surface area contributed by atoms with Crippen LogP contribution in [0, 0.1) is 0 Å². The topological polar surface area (TPSA) is 87.7 Å². The fraction of sp³-hybridized carbons (Fsp3) is 0.176. The first-order valence-electron chi connectivity index (χ1n) is 7.95. The molecule has 1 heterocycles. The molecule has 0 bridgehead atoms. The van der Waals surface area contributed by atoms with Crippen molar-refractivity contribution in [1.82, 2.24) is 19.9 Å². The van der Waals surface area contributed by atoms with E-state index in [1.165, 1.54) is 6.33 Å². The van der Waals surface area contributed by atoms with Gasteiger partial charge in [-0.15, -0.1) is 0 Å². The first-order valence-corrected chi connectivity index (χ1v) is 9.81. The molecule has 0 amide bonds. The predicted molar refractivity (Wildman–Crippen MR) is 96.0 cm³/mol. The lowest BCUT2D eigenvalue weighted by Gasteiger charge is -2.20. The average Bonchev–Trinajstić information content (AvgIpc) is 3.14. The van der Waals surface area contributed by atoms with Crippen LogP contribution in [-0.2, 0) is 22.6 Å². The monoisotopic (exact) mass is 430 g/mol. The second kappa shape index (κ2) is 7.90. The number of nitrogens with one attached hydrogen (secondary N) is 2. The summed E-state index contributed by atoms with van der Waals surface area (Å²) in [6.45, 7) is 0. The van der Waals surface area contributed by atoms with Gasteiger partial charge in [-0.05, 0) is 23.8 Å². The molecule has 0 aliphatic carbocycles. The van der Waals surface area contributed by atoms with Crippen LogP contribution < -0.4 is 4.72 Å². The molecule has 3 rings (SSSR count). The summed E-state index contributed by atoms with van der Waals surface area (Å²) in [5, 5.41) is 6.10. The van der Waals surface area contributed by atoms with Crippen molar-refractivity contribution >= 4 is 21.6 Å². The minimum Gasteiger partial charge on any atom is -0.263 e. The van der Waals surface area contributed by atoms with Gasteiger partial charge in [0.1, 0.15) is 12.2 Å². The Bertz CT molecular complexity index is 1040. The summed E-state index contributed by atoms with van der Waals surface area (Å²) in [6, 6.07) is 10.1. The lowest BCUT2D eigenvalue weighted by atomic mass is 10.0. The van der Waals surface area contributed by atoms with E-state index in [0.29, 0.717) is 17.5 Å². The third-order valence-electron chi connectivity index (χ3n) is 3.90. The van der Waals surface area contributed by atoms with Crippen LogP contribution in [0.5, 0.6) is 0 Å². The Morgan fingerprint density at radius 1 is 1.14 bits per heavy atom. The molecule has 2 N–H and O–H groups in total. The molecule has 148 valence electrons. The van der Waals surface area contributed by atoms with Gasteiger partial charge in [-0.3, -0.25) is 5.10 Å². The van der Waals surface area contributed by atoms with Gasteiger partial charge in [0, 0.05) is 11.4 Å². The van der Waals surface area contributed by atoms with E-state index in [1.54, 1.807) is 30.3 Å². The van der Waals surface area contributed by atoms with Crippen LogP contribution in [0.4, 0.5) is 13.2 Å². The summed E-state index contributed by atoms with van der Waals surface area (Å²) in [5.41, 5.74) is -0.774. The second-order valence-corrected chi connectivity index (χ2v) is 7.98. The third-order valence-corrected chi connectivity index (χ3v) is 5.66. The Labute approximate surface area is 163 Å². The highest BCUT2D eigenvalue weighted by molar-refractivity contribution is 7.89. The number of nitrogens with zero attached hydrogens (tertiary/aromatic N) is 2. The number of H-pyrrole nitrogens is 1. The number of benzene rings is 2. The van der Waals surface area contributed by atoms with E-state index >= 15 is 0 Å². The van der Waals surface area contributed by atoms with Gasteiger partial charge >= 0.3 is 6.18 Å². The quantitative estimate of drug-likeness (QED) is 0.623. The first-order chi connectivity index (χ1) is 13.2. The molecule has 28 heavy (non-hydrogen) atoms. The Morgan fingerprint density at radius 3 is 2.46 bits per heavy atom. The largest absolute Gasteiger partial charge is 0.417 e. The SMILES string of the molecule is O=S(=O)(N[C@@H](Cc1ncn[nH]1)c1ccccc1)c1ccc(Cl)cc1C(F)(F)F. The third kappa shape index (κ3) is 4.70. The van der Waals surface area contributed by atoms with Gasteiger partial charge in [-0.25, -0.2) is 18.1 Å². The molecule has 0 unspecified atom stereocenters. The van der Waals surface area contributed by atoms with Gasteiger partial charge < -0.3 is 0 Å². The van der Waals surface area contributed by atoms with Crippen molar-refractivity contribution < 1.29 is 21.6 Å². The molecule has 0 aliphatic rings. The molecular weight excluding hydrogens is 417 g/mol. The van der Waals surface area contributed by atoms with E-state index in [4.69, 9.17) is 11.6 Å². The second-order valence-electron chi connectivity index (χ2n) is 5.86. The molecule has 0 fully saturated rings. The Kier molecular flexibility index (Phi) is 5.73. The number of aromatic amines is 1. The van der Waals surface area contributed by atoms with E-state index in [-0.39, 0.29) is 11.4 Å². The van der Waals surface area contributed by atoms with Crippen LogP contribution >= 0.6 is 11.6 Å². The van der Waals surface area contributed by atoms with Crippen LogP contribution in [0.1, 0.15) is 23.0 Å². The molecule has 11 heteroatoms. The summed E-state index contributed by atoms with van der Waals surface area (Å²) in [5.74, 6) is 0.378. The lowest BCUT2D eigenvalue weighted by molar-refractivity contribution is -0.139. The minimum absolute atomic E-state index is 0.0676.